The average molecular weight is 290 g/mol. The topological polar surface area (TPSA) is 42.4 Å². The van der Waals surface area contributed by atoms with Crippen LogP contribution in [-0.4, -0.2) is 27.6 Å². The highest BCUT2D eigenvalue weighted by Crippen LogP contribution is 2.49. The van der Waals surface area contributed by atoms with Crippen LogP contribution in [0, 0.1) is 5.95 Å². The summed E-state index contributed by atoms with van der Waals surface area (Å²) in [5, 5.41) is 0. The lowest BCUT2D eigenvalue weighted by Gasteiger charge is -2.38. The molecule has 1 aromatic rings. The number of halogens is 1. The number of carbonyl (C=O) groups is 1. The molecule has 0 saturated carbocycles. The molecule has 4 nitrogen and oxygen atoms in total. The fraction of sp³-hybridized carbons (Fsp3) is 0.500. The molecule has 112 valence electrons. The fourth-order valence-electron chi connectivity index (χ4n) is 3.24. The Morgan fingerprint density at radius 2 is 2.10 bits per heavy atom. The molecule has 2 atom stereocenters. The van der Waals surface area contributed by atoms with Crippen LogP contribution in [0.1, 0.15) is 50.8 Å². The Morgan fingerprint density at radius 1 is 1.43 bits per heavy atom. The van der Waals surface area contributed by atoms with Crippen molar-refractivity contribution in [1.29, 1.82) is 0 Å². The van der Waals surface area contributed by atoms with Gasteiger partial charge in [0.05, 0.1) is 12.1 Å². The lowest BCUT2D eigenvalue weighted by atomic mass is 9.91. The van der Waals surface area contributed by atoms with Crippen LogP contribution >= 0.6 is 0 Å². The Morgan fingerprint density at radius 3 is 2.76 bits per heavy atom. The van der Waals surface area contributed by atoms with Crippen LogP contribution in [0.5, 0.6) is 0 Å². The molecule has 2 bridgehead atoms. The highest BCUT2D eigenvalue weighted by atomic mass is 19.1. The first kappa shape index (κ1) is 14.0. The maximum absolute atomic E-state index is 14.0. The summed E-state index contributed by atoms with van der Waals surface area (Å²) in [7, 11) is 0. The number of hydrogen-bond donors (Lipinski definition) is 0. The van der Waals surface area contributed by atoms with Crippen molar-refractivity contribution in [3.05, 3.63) is 35.9 Å². The number of amides is 1. The molecule has 0 aliphatic carbocycles. The number of pyridine rings is 1. The normalized spacial score (nSPS) is 24.0. The van der Waals surface area contributed by atoms with Crippen LogP contribution in [0.4, 0.5) is 9.18 Å². The maximum atomic E-state index is 14.0. The van der Waals surface area contributed by atoms with Gasteiger partial charge in [-0.2, -0.15) is 4.39 Å². The summed E-state index contributed by atoms with van der Waals surface area (Å²) in [4.78, 5) is 17.9. The van der Waals surface area contributed by atoms with Crippen LogP contribution in [0.3, 0.4) is 0 Å². The van der Waals surface area contributed by atoms with Crippen LogP contribution in [0.15, 0.2) is 18.8 Å². The SMILES string of the molecule is C=C1c2c(ccnc2F)[C@H]2CC[C@@H]1N2C(=O)OC(C)(C)C. The minimum absolute atomic E-state index is 0.150. The van der Waals surface area contributed by atoms with E-state index in [0.717, 1.165) is 18.4 Å². The standard InChI is InChI=1S/C16H19FN2O2/c1-9-11-5-6-12(10-7-8-18-14(17)13(9)10)19(11)15(20)21-16(2,3)4/h7-8,11-12H,1,5-6H2,2-4H3/t11-,12+/m0/s1. The second-order valence-electron chi connectivity index (χ2n) is 6.59. The van der Waals surface area contributed by atoms with Gasteiger partial charge in [0.15, 0.2) is 0 Å². The summed E-state index contributed by atoms with van der Waals surface area (Å²) >= 11 is 0. The minimum Gasteiger partial charge on any atom is -0.444 e. The molecule has 21 heavy (non-hydrogen) atoms. The first-order chi connectivity index (χ1) is 9.79. The van der Waals surface area contributed by atoms with Gasteiger partial charge in [-0.3, -0.25) is 4.90 Å². The van der Waals surface area contributed by atoms with Crippen LogP contribution in [0.2, 0.25) is 0 Å². The second-order valence-corrected chi connectivity index (χ2v) is 6.59. The van der Waals surface area contributed by atoms with E-state index in [-0.39, 0.29) is 18.2 Å². The Hall–Kier alpha value is -1.91. The summed E-state index contributed by atoms with van der Waals surface area (Å²) in [6.45, 7) is 9.50. The molecule has 5 heteroatoms. The highest BCUT2D eigenvalue weighted by molar-refractivity contribution is 5.81. The van der Waals surface area contributed by atoms with Gasteiger partial charge in [0.1, 0.15) is 5.60 Å². The first-order valence-corrected chi connectivity index (χ1v) is 7.14. The van der Waals surface area contributed by atoms with Gasteiger partial charge in [-0.25, -0.2) is 9.78 Å². The summed E-state index contributed by atoms with van der Waals surface area (Å²) in [6.07, 6.45) is 2.64. The minimum atomic E-state index is -0.554. The van der Waals surface area contributed by atoms with E-state index in [0.29, 0.717) is 11.1 Å². The van der Waals surface area contributed by atoms with Crippen molar-refractivity contribution in [1.82, 2.24) is 9.88 Å². The summed E-state index contributed by atoms with van der Waals surface area (Å²) in [5.41, 5.74) is 1.33. The van der Waals surface area contributed by atoms with Crippen LogP contribution < -0.4 is 0 Å². The molecule has 3 heterocycles. The fourth-order valence-corrected chi connectivity index (χ4v) is 3.24. The third kappa shape index (κ3) is 2.20. The van der Waals surface area contributed by atoms with Gasteiger partial charge in [0, 0.05) is 11.8 Å². The molecule has 3 rings (SSSR count). The van der Waals surface area contributed by atoms with Crippen LogP contribution in [0.25, 0.3) is 5.57 Å². The molecule has 1 aromatic heterocycles. The molecule has 0 spiro atoms. The van der Waals surface area contributed by atoms with E-state index >= 15 is 0 Å². The van der Waals surface area contributed by atoms with E-state index in [1.165, 1.54) is 6.20 Å². The van der Waals surface area contributed by atoms with E-state index < -0.39 is 11.5 Å². The van der Waals surface area contributed by atoms with Gasteiger partial charge in [-0.15, -0.1) is 0 Å². The number of nitrogens with zero attached hydrogens (tertiary/aromatic N) is 2. The van der Waals surface area contributed by atoms with Crippen molar-refractivity contribution in [3.63, 3.8) is 0 Å². The van der Waals surface area contributed by atoms with Gasteiger partial charge >= 0.3 is 6.09 Å². The molecule has 1 fully saturated rings. The first-order valence-electron chi connectivity index (χ1n) is 7.14. The zero-order chi connectivity index (χ0) is 15.4. The molecule has 0 radical (unpaired) electrons. The molecule has 0 aromatic carbocycles. The van der Waals surface area contributed by atoms with Gasteiger partial charge in [-0.1, -0.05) is 6.58 Å². The second kappa shape index (κ2) is 4.55. The summed E-state index contributed by atoms with van der Waals surface area (Å²) in [5.74, 6) is -0.502. The predicted octanol–water partition coefficient (Wildman–Crippen LogP) is 3.69. The number of aromatic nitrogens is 1. The van der Waals surface area contributed by atoms with Gasteiger partial charge in [-0.05, 0) is 50.8 Å². The third-order valence-corrected chi connectivity index (χ3v) is 4.01. The van der Waals surface area contributed by atoms with Gasteiger partial charge < -0.3 is 4.74 Å². The molecule has 0 unspecified atom stereocenters. The monoisotopic (exact) mass is 290 g/mol. The van der Waals surface area contributed by atoms with Crippen molar-refractivity contribution in [2.75, 3.05) is 0 Å². The summed E-state index contributed by atoms with van der Waals surface area (Å²) < 4.78 is 19.5. The zero-order valence-corrected chi connectivity index (χ0v) is 12.5. The van der Waals surface area contributed by atoms with E-state index in [9.17, 15) is 9.18 Å². The van der Waals surface area contributed by atoms with Crippen molar-refractivity contribution < 1.29 is 13.9 Å². The van der Waals surface area contributed by atoms with Crippen molar-refractivity contribution >= 4 is 11.7 Å². The third-order valence-electron chi connectivity index (χ3n) is 4.01. The lowest BCUT2D eigenvalue weighted by Crippen LogP contribution is -2.44. The molecular weight excluding hydrogens is 271 g/mol. The van der Waals surface area contributed by atoms with Gasteiger partial charge in [0.25, 0.3) is 0 Å². The van der Waals surface area contributed by atoms with E-state index in [4.69, 9.17) is 4.74 Å². The van der Waals surface area contributed by atoms with E-state index in [1.807, 2.05) is 20.8 Å². The quantitative estimate of drug-likeness (QED) is 0.684. The van der Waals surface area contributed by atoms with E-state index in [2.05, 4.69) is 11.6 Å². The molecule has 1 saturated heterocycles. The zero-order valence-electron chi connectivity index (χ0n) is 12.5. The molecule has 2 aliphatic heterocycles. The van der Waals surface area contributed by atoms with Crippen molar-refractivity contribution in [3.8, 4) is 0 Å². The van der Waals surface area contributed by atoms with E-state index in [1.54, 1.807) is 11.0 Å². The smallest absolute Gasteiger partial charge is 0.411 e. The number of ether oxygens (including phenoxy) is 1. The van der Waals surface area contributed by atoms with Crippen LogP contribution in [-0.2, 0) is 4.74 Å². The highest BCUT2D eigenvalue weighted by Gasteiger charge is 2.47. The Kier molecular flexibility index (Phi) is 3.04. The lowest BCUT2D eigenvalue weighted by molar-refractivity contribution is 0.0174. The largest absolute Gasteiger partial charge is 0.444 e. The number of fused-ring (bicyclic) bond motifs is 4. The predicted molar refractivity (Wildman–Crippen MR) is 77.1 cm³/mol. The average Bonchev–Trinajstić information content (AvgIpc) is 2.74. The molecule has 0 N–H and O–H groups in total. The number of hydrogen-bond acceptors (Lipinski definition) is 3. The Bertz CT molecular complexity index is 621. The van der Waals surface area contributed by atoms with Crippen molar-refractivity contribution in [2.24, 2.45) is 0 Å². The van der Waals surface area contributed by atoms with Gasteiger partial charge in [0.2, 0.25) is 5.95 Å². The molecule has 1 amide bonds. The number of carbonyl (C=O) groups excluding carboxylic acids is 1. The number of rotatable bonds is 0. The summed E-state index contributed by atoms with van der Waals surface area (Å²) in [6, 6.07) is 1.42. The Labute approximate surface area is 123 Å². The maximum Gasteiger partial charge on any atom is 0.411 e. The van der Waals surface area contributed by atoms with Crippen molar-refractivity contribution in [2.45, 2.75) is 51.3 Å². The molecular formula is C16H19FN2O2. The molecule has 2 aliphatic rings. The Balaban J connectivity index is 2.01.